The highest BCUT2D eigenvalue weighted by atomic mass is 32.1. The maximum Gasteiger partial charge on any atom is 0.323 e. The first kappa shape index (κ1) is 11.5. The van der Waals surface area contributed by atoms with Crippen molar-refractivity contribution in [1.82, 2.24) is 9.88 Å². The van der Waals surface area contributed by atoms with Crippen molar-refractivity contribution >= 4 is 17.3 Å². The van der Waals surface area contributed by atoms with E-state index in [0.717, 1.165) is 29.3 Å². The minimum atomic E-state index is -0.716. The largest absolute Gasteiger partial charge is 0.480 e. The van der Waals surface area contributed by atoms with Gasteiger partial charge in [-0.05, 0) is 33.2 Å². The summed E-state index contributed by atoms with van der Waals surface area (Å²) in [6.45, 7) is 5.35. The molecule has 0 radical (unpaired) electrons. The molecule has 88 valence electrons. The van der Waals surface area contributed by atoms with Gasteiger partial charge in [-0.1, -0.05) is 0 Å². The number of hydrogen-bond acceptors (Lipinski definition) is 4. The quantitative estimate of drug-likeness (QED) is 0.876. The number of aryl methyl sites for hydroxylation is 1. The fraction of sp³-hybridized carbons (Fsp3) is 0.636. The van der Waals surface area contributed by atoms with Crippen molar-refractivity contribution in [1.29, 1.82) is 0 Å². The predicted molar refractivity (Wildman–Crippen MR) is 62.5 cm³/mol. The third kappa shape index (κ3) is 1.97. The lowest BCUT2D eigenvalue weighted by Gasteiger charge is -2.30. The maximum absolute atomic E-state index is 11.3. The van der Waals surface area contributed by atoms with Crippen LogP contribution in [0.25, 0.3) is 0 Å². The third-order valence-electron chi connectivity index (χ3n) is 3.27. The van der Waals surface area contributed by atoms with Gasteiger partial charge in [-0.15, -0.1) is 11.3 Å². The zero-order valence-electron chi connectivity index (χ0n) is 9.56. The number of carboxylic acid groups (broad SMARTS) is 1. The van der Waals surface area contributed by atoms with Gasteiger partial charge in [0.1, 0.15) is 5.54 Å². The standard InChI is InChI=1S/C11H16N2O2S/c1-8-12-6-9(16-8)7-13-5-3-4-11(13,2)10(14)15/h6H,3-5,7H2,1-2H3,(H,14,15). The molecule has 1 unspecified atom stereocenters. The fourth-order valence-corrected chi connectivity index (χ4v) is 2.99. The number of likely N-dealkylation sites (tertiary alicyclic amines) is 1. The van der Waals surface area contributed by atoms with Gasteiger partial charge in [0.05, 0.1) is 5.01 Å². The lowest BCUT2D eigenvalue weighted by molar-refractivity contribution is -0.148. The van der Waals surface area contributed by atoms with E-state index in [9.17, 15) is 9.90 Å². The van der Waals surface area contributed by atoms with E-state index in [-0.39, 0.29) is 0 Å². The fourth-order valence-electron chi connectivity index (χ4n) is 2.18. The highest BCUT2D eigenvalue weighted by molar-refractivity contribution is 7.11. The molecule has 16 heavy (non-hydrogen) atoms. The number of carboxylic acids is 1. The van der Waals surface area contributed by atoms with Crippen LogP contribution in [0, 0.1) is 6.92 Å². The molecule has 2 heterocycles. The van der Waals surface area contributed by atoms with Crippen LogP contribution < -0.4 is 0 Å². The molecule has 1 fully saturated rings. The minimum absolute atomic E-state index is 0.697. The van der Waals surface area contributed by atoms with Crippen molar-refractivity contribution < 1.29 is 9.90 Å². The second-order valence-electron chi connectivity index (χ2n) is 4.45. The highest BCUT2D eigenvalue weighted by Crippen LogP contribution is 2.31. The van der Waals surface area contributed by atoms with E-state index in [4.69, 9.17) is 0 Å². The number of aromatic nitrogens is 1. The van der Waals surface area contributed by atoms with Gasteiger partial charge in [-0.25, -0.2) is 4.98 Å². The van der Waals surface area contributed by atoms with Crippen molar-refractivity contribution in [2.75, 3.05) is 6.54 Å². The predicted octanol–water partition coefficient (Wildman–Crippen LogP) is 1.89. The van der Waals surface area contributed by atoms with Crippen LogP contribution in [-0.4, -0.2) is 33.0 Å². The van der Waals surface area contributed by atoms with Crippen molar-refractivity contribution in [3.8, 4) is 0 Å². The van der Waals surface area contributed by atoms with Crippen LogP contribution in [0.3, 0.4) is 0 Å². The molecule has 1 aliphatic heterocycles. The number of hydrogen-bond donors (Lipinski definition) is 1. The van der Waals surface area contributed by atoms with E-state index in [0.29, 0.717) is 6.54 Å². The first-order chi connectivity index (χ1) is 7.52. The molecule has 1 N–H and O–H groups in total. The van der Waals surface area contributed by atoms with Crippen LogP contribution in [-0.2, 0) is 11.3 Å². The first-order valence-corrected chi connectivity index (χ1v) is 6.24. The van der Waals surface area contributed by atoms with Crippen LogP contribution in [0.2, 0.25) is 0 Å². The van der Waals surface area contributed by atoms with Gasteiger partial charge in [0.15, 0.2) is 0 Å². The smallest absolute Gasteiger partial charge is 0.323 e. The Morgan fingerprint density at radius 2 is 2.50 bits per heavy atom. The van der Waals surface area contributed by atoms with Gasteiger partial charge in [0, 0.05) is 17.6 Å². The van der Waals surface area contributed by atoms with Gasteiger partial charge in [-0.3, -0.25) is 9.69 Å². The van der Waals surface area contributed by atoms with Crippen LogP contribution >= 0.6 is 11.3 Å². The van der Waals surface area contributed by atoms with Crippen LogP contribution in [0.5, 0.6) is 0 Å². The lowest BCUT2D eigenvalue weighted by atomic mass is 9.99. The molecule has 1 saturated heterocycles. The maximum atomic E-state index is 11.3. The number of nitrogens with zero attached hydrogens (tertiary/aromatic N) is 2. The molecule has 0 spiro atoms. The van der Waals surface area contributed by atoms with E-state index in [1.54, 1.807) is 11.3 Å². The Morgan fingerprint density at radius 3 is 3.06 bits per heavy atom. The van der Waals surface area contributed by atoms with E-state index >= 15 is 0 Å². The Labute approximate surface area is 98.9 Å². The van der Waals surface area contributed by atoms with Crippen molar-refractivity contribution in [3.63, 3.8) is 0 Å². The van der Waals surface area contributed by atoms with Crippen molar-refractivity contribution in [2.45, 2.75) is 38.8 Å². The van der Waals surface area contributed by atoms with E-state index in [2.05, 4.69) is 4.98 Å². The van der Waals surface area contributed by atoms with Crippen LogP contribution in [0.15, 0.2) is 6.20 Å². The zero-order valence-corrected chi connectivity index (χ0v) is 10.4. The molecule has 1 aromatic rings. The lowest BCUT2D eigenvalue weighted by Crippen LogP contribution is -2.47. The topological polar surface area (TPSA) is 53.4 Å². The molecule has 0 saturated carbocycles. The summed E-state index contributed by atoms with van der Waals surface area (Å²) in [6, 6.07) is 0. The molecule has 4 nitrogen and oxygen atoms in total. The van der Waals surface area contributed by atoms with E-state index in [1.165, 1.54) is 0 Å². The normalized spacial score (nSPS) is 26.1. The summed E-state index contributed by atoms with van der Waals surface area (Å²) in [7, 11) is 0. The number of rotatable bonds is 3. The Morgan fingerprint density at radius 1 is 1.75 bits per heavy atom. The summed E-state index contributed by atoms with van der Waals surface area (Å²) in [6.07, 6.45) is 3.54. The summed E-state index contributed by atoms with van der Waals surface area (Å²) < 4.78 is 0. The zero-order chi connectivity index (χ0) is 11.8. The first-order valence-electron chi connectivity index (χ1n) is 5.42. The Bertz CT molecular complexity index is 404. The molecule has 1 aliphatic rings. The molecular weight excluding hydrogens is 224 g/mol. The molecule has 1 aromatic heterocycles. The molecule has 0 bridgehead atoms. The monoisotopic (exact) mass is 240 g/mol. The summed E-state index contributed by atoms with van der Waals surface area (Å²) in [5.74, 6) is -0.716. The number of carbonyl (C=O) groups is 1. The minimum Gasteiger partial charge on any atom is -0.480 e. The molecular formula is C11H16N2O2S. The Kier molecular flexibility index (Phi) is 2.99. The number of aliphatic carboxylic acids is 1. The Balaban J connectivity index is 2.12. The molecule has 0 aromatic carbocycles. The van der Waals surface area contributed by atoms with Crippen molar-refractivity contribution in [2.24, 2.45) is 0 Å². The number of thiazole rings is 1. The van der Waals surface area contributed by atoms with E-state index in [1.807, 2.05) is 24.9 Å². The SMILES string of the molecule is Cc1ncc(CN2CCCC2(C)C(=O)O)s1. The summed E-state index contributed by atoms with van der Waals surface area (Å²) >= 11 is 1.64. The van der Waals surface area contributed by atoms with Gasteiger partial charge in [0.2, 0.25) is 0 Å². The van der Waals surface area contributed by atoms with Crippen LogP contribution in [0.4, 0.5) is 0 Å². The summed E-state index contributed by atoms with van der Waals surface area (Å²) in [5, 5.41) is 10.3. The summed E-state index contributed by atoms with van der Waals surface area (Å²) in [4.78, 5) is 18.7. The highest BCUT2D eigenvalue weighted by Gasteiger charge is 2.43. The van der Waals surface area contributed by atoms with Crippen LogP contribution in [0.1, 0.15) is 29.7 Å². The van der Waals surface area contributed by atoms with E-state index < -0.39 is 11.5 Å². The van der Waals surface area contributed by atoms with Crippen molar-refractivity contribution in [3.05, 3.63) is 16.1 Å². The average molecular weight is 240 g/mol. The van der Waals surface area contributed by atoms with Gasteiger partial charge < -0.3 is 5.11 Å². The molecule has 2 rings (SSSR count). The second kappa shape index (κ2) is 4.14. The molecule has 0 amide bonds. The second-order valence-corrected chi connectivity index (χ2v) is 5.77. The molecule has 5 heteroatoms. The van der Waals surface area contributed by atoms with Gasteiger partial charge >= 0.3 is 5.97 Å². The molecule has 0 aliphatic carbocycles. The third-order valence-corrected chi connectivity index (χ3v) is 4.16. The summed E-state index contributed by atoms with van der Waals surface area (Å²) in [5.41, 5.74) is -0.697. The Hall–Kier alpha value is -0.940. The van der Waals surface area contributed by atoms with Gasteiger partial charge in [-0.2, -0.15) is 0 Å². The average Bonchev–Trinajstić information content (AvgIpc) is 2.76. The molecule has 1 atom stereocenters. The van der Waals surface area contributed by atoms with Gasteiger partial charge in [0.25, 0.3) is 0 Å².